The van der Waals surface area contributed by atoms with E-state index in [1.165, 1.54) is 5.56 Å². The van der Waals surface area contributed by atoms with Gasteiger partial charge in [-0.25, -0.2) is 0 Å². The topological polar surface area (TPSA) is 104 Å². The lowest BCUT2D eigenvalue weighted by molar-refractivity contribution is -0.129. The van der Waals surface area contributed by atoms with Gasteiger partial charge < -0.3 is 21.5 Å². The molecule has 29 heavy (non-hydrogen) atoms. The van der Waals surface area contributed by atoms with Gasteiger partial charge in [-0.05, 0) is 74.4 Å². The highest BCUT2D eigenvalue weighted by molar-refractivity contribution is 5.89. The maximum Gasteiger partial charge on any atom is 0.242 e. The molecule has 2 rings (SSSR count). The molecule has 0 fully saturated rings. The summed E-state index contributed by atoms with van der Waals surface area (Å²) in [5, 5.41) is 15.2. The molecule has 0 radical (unpaired) electrons. The van der Waals surface area contributed by atoms with Gasteiger partial charge in [0.15, 0.2) is 0 Å². The fourth-order valence-corrected chi connectivity index (χ4v) is 3.29. The van der Waals surface area contributed by atoms with Crippen LogP contribution in [0.25, 0.3) is 0 Å². The second-order valence-electron chi connectivity index (χ2n) is 7.48. The van der Waals surface area contributed by atoms with Crippen molar-refractivity contribution in [1.82, 2.24) is 10.6 Å². The minimum absolute atomic E-state index is 0.194. The zero-order chi connectivity index (χ0) is 21.4. The molecule has 2 aromatic rings. The Balaban J connectivity index is 1.77. The summed E-state index contributed by atoms with van der Waals surface area (Å²) in [4.78, 5) is 24.6. The predicted molar refractivity (Wildman–Crippen MR) is 115 cm³/mol. The molecule has 0 aliphatic heterocycles. The first-order valence-electron chi connectivity index (χ1n) is 9.94. The molecule has 0 aromatic heterocycles. The van der Waals surface area contributed by atoms with E-state index in [1.54, 1.807) is 19.1 Å². The molecule has 2 atom stereocenters. The smallest absolute Gasteiger partial charge is 0.242 e. The number of carbonyl (C=O) groups excluding carboxylic acids is 2. The van der Waals surface area contributed by atoms with E-state index in [0.29, 0.717) is 13.0 Å². The van der Waals surface area contributed by atoms with Crippen molar-refractivity contribution in [2.45, 2.75) is 52.1 Å². The van der Waals surface area contributed by atoms with Gasteiger partial charge in [0.2, 0.25) is 11.8 Å². The Bertz CT molecular complexity index is 814. The number of rotatable bonds is 9. The van der Waals surface area contributed by atoms with Crippen LogP contribution < -0.4 is 16.4 Å². The highest BCUT2D eigenvalue weighted by Gasteiger charge is 2.21. The summed E-state index contributed by atoms with van der Waals surface area (Å²) in [5.41, 5.74) is 9.99. The number of hydrogen-bond donors (Lipinski definition) is 4. The second-order valence-corrected chi connectivity index (χ2v) is 7.48. The van der Waals surface area contributed by atoms with Crippen LogP contribution in [0, 0.1) is 13.8 Å². The van der Waals surface area contributed by atoms with E-state index in [1.807, 2.05) is 32.0 Å². The molecule has 0 bridgehead atoms. The van der Waals surface area contributed by atoms with Crippen LogP contribution in [-0.4, -0.2) is 35.5 Å². The molecule has 6 nitrogen and oxygen atoms in total. The molecule has 5 N–H and O–H groups in total. The van der Waals surface area contributed by atoms with Crippen LogP contribution >= 0.6 is 0 Å². The van der Waals surface area contributed by atoms with Gasteiger partial charge in [0.1, 0.15) is 11.8 Å². The van der Waals surface area contributed by atoms with Gasteiger partial charge >= 0.3 is 0 Å². The Morgan fingerprint density at radius 2 is 1.69 bits per heavy atom. The van der Waals surface area contributed by atoms with Crippen molar-refractivity contribution in [3.8, 4) is 5.75 Å². The van der Waals surface area contributed by atoms with E-state index >= 15 is 0 Å². The lowest BCUT2D eigenvalue weighted by Gasteiger charge is -2.19. The third kappa shape index (κ3) is 6.91. The number of amides is 2. The molecule has 0 aliphatic carbocycles. The molecule has 2 amide bonds. The molecular weight excluding hydrogens is 366 g/mol. The molecule has 0 aliphatic rings. The van der Waals surface area contributed by atoms with Gasteiger partial charge in [-0.15, -0.1) is 0 Å². The van der Waals surface area contributed by atoms with Crippen molar-refractivity contribution in [2.75, 3.05) is 6.54 Å². The molecule has 0 spiro atoms. The molecule has 2 aromatic carbocycles. The van der Waals surface area contributed by atoms with E-state index in [4.69, 9.17) is 5.73 Å². The Labute approximate surface area is 172 Å². The molecule has 6 heteroatoms. The van der Waals surface area contributed by atoms with Gasteiger partial charge in [0.25, 0.3) is 0 Å². The van der Waals surface area contributed by atoms with Crippen LogP contribution in [0.4, 0.5) is 0 Å². The number of carbonyl (C=O) groups is 2. The molecule has 0 unspecified atom stereocenters. The first-order chi connectivity index (χ1) is 13.8. The highest BCUT2D eigenvalue weighted by atomic mass is 16.3. The van der Waals surface area contributed by atoms with E-state index in [9.17, 15) is 14.7 Å². The maximum atomic E-state index is 12.4. The summed E-state index contributed by atoms with van der Waals surface area (Å²) in [6.07, 6.45) is 2.06. The lowest BCUT2D eigenvalue weighted by atomic mass is 9.96. The molecular formula is C23H31N3O3. The minimum Gasteiger partial charge on any atom is -0.508 e. The van der Waals surface area contributed by atoms with Crippen LogP contribution in [0.2, 0.25) is 0 Å². The van der Waals surface area contributed by atoms with E-state index < -0.39 is 12.1 Å². The Morgan fingerprint density at radius 1 is 1.07 bits per heavy atom. The third-order valence-electron chi connectivity index (χ3n) is 4.98. The molecule has 156 valence electrons. The van der Waals surface area contributed by atoms with E-state index in [-0.39, 0.29) is 17.6 Å². The predicted octanol–water partition coefficient (Wildman–Crippen LogP) is 2.13. The third-order valence-corrected chi connectivity index (χ3v) is 4.98. The summed E-state index contributed by atoms with van der Waals surface area (Å²) >= 11 is 0. The summed E-state index contributed by atoms with van der Waals surface area (Å²) < 4.78 is 0. The number of nitrogens with two attached hydrogens (primary N) is 1. The van der Waals surface area contributed by atoms with Crippen molar-refractivity contribution < 1.29 is 14.7 Å². The average Bonchev–Trinajstić information content (AvgIpc) is 2.68. The van der Waals surface area contributed by atoms with Crippen LogP contribution in [0.5, 0.6) is 5.75 Å². The number of nitrogens with one attached hydrogen (secondary N) is 2. The van der Waals surface area contributed by atoms with Gasteiger partial charge in [-0.2, -0.15) is 0 Å². The monoisotopic (exact) mass is 397 g/mol. The van der Waals surface area contributed by atoms with Crippen molar-refractivity contribution in [2.24, 2.45) is 5.73 Å². The normalized spacial score (nSPS) is 12.8. The fourth-order valence-electron chi connectivity index (χ4n) is 3.29. The standard InChI is InChI=1S/C23H31N3O3/c1-15-12-19(27)13-16(2)20(15)14-21(24)23(29)26-17(3)22(28)25-11-7-10-18-8-5-4-6-9-18/h4-6,8-9,12-13,17,21,27H,7,10-11,14,24H2,1-3H3,(H,25,28)(H,26,29)/t17-,21-/m1/s1. The Hall–Kier alpha value is -2.86. The Morgan fingerprint density at radius 3 is 2.31 bits per heavy atom. The van der Waals surface area contributed by atoms with Crippen LogP contribution in [0.1, 0.15) is 35.6 Å². The fraction of sp³-hybridized carbons (Fsp3) is 0.391. The van der Waals surface area contributed by atoms with E-state index in [0.717, 1.165) is 29.5 Å². The van der Waals surface area contributed by atoms with Crippen molar-refractivity contribution in [1.29, 1.82) is 0 Å². The molecule has 0 heterocycles. The van der Waals surface area contributed by atoms with Gasteiger partial charge in [0.05, 0.1) is 6.04 Å². The summed E-state index contributed by atoms with van der Waals surface area (Å²) in [7, 11) is 0. The molecule has 0 saturated carbocycles. The van der Waals surface area contributed by atoms with Crippen molar-refractivity contribution >= 4 is 11.8 Å². The maximum absolute atomic E-state index is 12.4. The zero-order valence-electron chi connectivity index (χ0n) is 17.4. The van der Waals surface area contributed by atoms with Gasteiger partial charge in [-0.3, -0.25) is 9.59 Å². The first-order valence-corrected chi connectivity index (χ1v) is 9.94. The number of aryl methyl sites for hydroxylation is 3. The van der Waals surface area contributed by atoms with Crippen LogP contribution in [0.3, 0.4) is 0 Å². The lowest BCUT2D eigenvalue weighted by Crippen LogP contribution is -2.51. The Kier molecular flexibility index (Phi) is 8.21. The number of phenolic OH excluding ortho intramolecular Hbond substituents is 1. The zero-order valence-corrected chi connectivity index (χ0v) is 17.4. The first kappa shape index (κ1) is 22.4. The number of aromatic hydroxyl groups is 1. The van der Waals surface area contributed by atoms with Crippen LogP contribution in [-0.2, 0) is 22.4 Å². The second kappa shape index (κ2) is 10.6. The number of phenols is 1. The number of benzene rings is 2. The SMILES string of the molecule is Cc1cc(O)cc(C)c1C[C@@H](N)C(=O)N[C@H](C)C(=O)NCCCc1ccccc1. The van der Waals surface area contributed by atoms with Gasteiger partial charge in [0, 0.05) is 6.54 Å². The largest absolute Gasteiger partial charge is 0.508 e. The summed E-state index contributed by atoms with van der Waals surface area (Å²) in [6.45, 7) is 5.94. The average molecular weight is 398 g/mol. The molecule has 0 saturated heterocycles. The van der Waals surface area contributed by atoms with E-state index in [2.05, 4.69) is 22.8 Å². The van der Waals surface area contributed by atoms with Crippen molar-refractivity contribution in [3.05, 3.63) is 64.7 Å². The number of hydrogen-bond acceptors (Lipinski definition) is 4. The summed E-state index contributed by atoms with van der Waals surface area (Å²) in [6, 6.07) is 12.0. The summed E-state index contributed by atoms with van der Waals surface area (Å²) in [5.74, 6) is -0.404. The minimum atomic E-state index is -0.773. The van der Waals surface area contributed by atoms with Crippen molar-refractivity contribution in [3.63, 3.8) is 0 Å². The van der Waals surface area contributed by atoms with Crippen LogP contribution in [0.15, 0.2) is 42.5 Å². The van der Waals surface area contributed by atoms with Gasteiger partial charge in [-0.1, -0.05) is 30.3 Å². The highest BCUT2D eigenvalue weighted by Crippen LogP contribution is 2.21. The quantitative estimate of drug-likeness (QED) is 0.487.